The Morgan fingerprint density at radius 2 is 1.89 bits per heavy atom. The molecule has 1 fully saturated rings. The molecule has 7 heteroatoms. The Labute approximate surface area is 174 Å². The Bertz CT molecular complexity index is 855. The summed E-state index contributed by atoms with van der Waals surface area (Å²) in [6.45, 7) is 2.32. The van der Waals surface area contributed by atoms with Crippen LogP contribution >= 0.6 is 23.2 Å². The van der Waals surface area contributed by atoms with E-state index in [9.17, 15) is 9.59 Å². The van der Waals surface area contributed by atoms with E-state index in [2.05, 4.69) is 10.2 Å². The van der Waals surface area contributed by atoms with Gasteiger partial charge in [-0.3, -0.25) is 14.5 Å². The molecule has 5 nitrogen and oxygen atoms in total. The number of primary amides is 1. The summed E-state index contributed by atoms with van der Waals surface area (Å²) in [4.78, 5) is 25.9. The zero-order valence-electron chi connectivity index (χ0n) is 15.5. The van der Waals surface area contributed by atoms with Crippen molar-refractivity contribution in [2.24, 2.45) is 11.7 Å². The third kappa shape index (κ3) is 5.71. The van der Waals surface area contributed by atoms with Crippen molar-refractivity contribution in [3.05, 3.63) is 63.6 Å². The maximum Gasteiger partial charge on any atom is 0.228 e. The highest BCUT2D eigenvalue weighted by atomic mass is 35.5. The number of amides is 2. The SMILES string of the molecule is NC(=O)Cc1ccc(NC(=O)C2CCCN(Cc3ccc(Cl)cc3Cl)C2)cc1. The monoisotopic (exact) mass is 419 g/mol. The normalized spacial score (nSPS) is 17.3. The van der Waals surface area contributed by atoms with Gasteiger partial charge in [-0.15, -0.1) is 0 Å². The molecule has 1 aliphatic rings. The molecule has 1 atom stereocenters. The summed E-state index contributed by atoms with van der Waals surface area (Å²) in [7, 11) is 0. The van der Waals surface area contributed by atoms with Crippen LogP contribution in [-0.4, -0.2) is 29.8 Å². The van der Waals surface area contributed by atoms with Crippen LogP contribution in [0.25, 0.3) is 0 Å². The quantitative estimate of drug-likeness (QED) is 0.745. The fourth-order valence-corrected chi connectivity index (χ4v) is 3.92. The molecule has 0 aromatic heterocycles. The number of benzene rings is 2. The predicted octanol–water partition coefficient (Wildman–Crippen LogP) is 3.87. The number of rotatable bonds is 6. The van der Waals surface area contributed by atoms with Crippen LogP contribution in [0.5, 0.6) is 0 Å². The zero-order chi connectivity index (χ0) is 20.1. The topological polar surface area (TPSA) is 75.4 Å². The van der Waals surface area contributed by atoms with Gasteiger partial charge >= 0.3 is 0 Å². The molecular weight excluding hydrogens is 397 g/mol. The van der Waals surface area contributed by atoms with Gasteiger partial charge in [0.1, 0.15) is 0 Å². The van der Waals surface area contributed by atoms with Gasteiger partial charge in [-0.1, -0.05) is 41.4 Å². The summed E-state index contributed by atoms with van der Waals surface area (Å²) in [6, 6.07) is 12.7. The van der Waals surface area contributed by atoms with E-state index in [1.54, 1.807) is 30.3 Å². The Hall–Kier alpha value is -2.08. The van der Waals surface area contributed by atoms with E-state index in [1.807, 2.05) is 12.1 Å². The van der Waals surface area contributed by atoms with E-state index < -0.39 is 0 Å². The number of carbonyl (C=O) groups excluding carboxylic acids is 2. The number of carbonyl (C=O) groups is 2. The molecular formula is C21H23Cl2N3O2. The summed E-state index contributed by atoms with van der Waals surface area (Å²) in [6.07, 6.45) is 2.01. The molecule has 2 aromatic rings. The Morgan fingerprint density at radius 3 is 2.57 bits per heavy atom. The van der Waals surface area contributed by atoms with E-state index in [0.29, 0.717) is 23.1 Å². The number of halogens is 2. The van der Waals surface area contributed by atoms with Crippen molar-refractivity contribution in [3.63, 3.8) is 0 Å². The Kier molecular flexibility index (Phi) is 6.94. The van der Waals surface area contributed by atoms with Crippen molar-refractivity contribution < 1.29 is 9.59 Å². The standard InChI is InChI=1S/C21H23Cl2N3O2/c22-17-6-5-15(19(23)11-17)12-26-9-1-2-16(13-26)21(28)25-18-7-3-14(4-8-18)10-20(24)27/h3-8,11,16H,1-2,9-10,12-13H2,(H2,24,27)(H,25,28). The van der Waals surface area contributed by atoms with Crippen molar-refractivity contribution >= 4 is 40.7 Å². The molecule has 148 valence electrons. The van der Waals surface area contributed by atoms with Crippen molar-refractivity contribution in [2.45, 2.75) is 25.8 Å². The summed E-state index contributed by atoms with van der Waals surface area (Å²) in [5, 5.41) is 4.24. The predicted molar refractivity (Wildman–Crippen MR) is 112 cm³/mol. The molecule has 1 unspecified atom stereocenters. The van der Waals surface area contributed by atoms with Gasteiger partial charge in [0.2, 0.25) is 11.8 Å². The first-order valence-corrected chi connectivity index (χ1v) is 10.0. The van der Waals surface area contributed by atoms with Crippen molar-refractivity contribution in [2.75, 3.05) is 18.4 Å². The summed E-state index contributed by atoms with van der Waals surface area (Å²) >= 11 is 12.2. The minimum atomic E-state index is -0.375. The number of nitrogens with zero attached hydrogens (tertiary/aromatic N) is 1. The number of piperidine rings is 1. The van der Waals surface area contributed by atoms with Gasteiger partial charge in [-0.2, -0.15) is 0 Å². The molecule has 0 spiro atoms. The molecule has 3 rings (SSSR count). The average molecular weight is 420 g/mol. The van der Waals surface area contributed by atoms with Crippen LogP contribution in [0.1, 0.15) is 24.0 Å². The Balaban J connectivity index is 1.57. The van der Waals surface area contributed by atoms with E-state index >= 15 is 0 Å². The zero-order valence-corrected chi connectivity index (χ0v) is 17.0. The van der Waals surface area contributed by atoms with Crippen molar-refractivity contribution in [1.29, 1.82) is 0 Å². The first kappa shape index (κ1) is 20.6. The number of likely N-dealkylation sites (tertiary alicyclic amines) is 1. The molecule has 0 radical (unpaired) electrons. The minimum Gasteiger partial charge on any atom is -0.369 e. The number of anilines is 1. The average Bonchev–Trinajstić information content (AvgIpc) is 2.65. The molecule has 0 saturated carbocycles. The van der Waals surface area contributed by atoms with E-state index in [-0.39, 0.29) is 24.2 Å². The van der Waals surface area contributed by atoms with Gasteiger partial charge in [0.15, 0.2) is 0 Å². The molecule has 0 aliphatic carbocycles. The summed E-state index contributed by atoms with van der Waals surface area (Å²) < 4.78 is 0. The molecule has 1 heterocycles. The van der Waals surface area contributed by atoms with Crippen LogP contribution in [0, 0.1) is 5.92 Å². The lowest BCUT2D eigenvalue weighted by Crippen LogP contribution is -2.40. The summed E-state index contributed by atoms with van der Waals surface area (Å²) in [5.41, 5.74) is 7.76. The van der Waals surface area contributed by atoms with Crippen LogP contribution in [0.2, 0.25) is 10.0 Å². The maximum atomic E-state index is 12.7. The summed E-state index contributed by atoms with van der Waals surface area (Å²) in [5.74, 6) is -0.445. The number of hydrogen-bond acceptors (Lipinski definition) is 3. The highest BCUT2D eigenvalue weighted by Crippen LogP contribution is 2.25. The van der Waals surface area contributed by atoms with Crippen LogP contribution < -0.4 is 11.1 Å². The van der Waals surface area contributed by atoms with Gasteiger partial charge in [-0.05, 0) is 54.8 Å². The highest BCUT2D eigenvalue weighted by Gasteiger charge is 2.26. The molecule has 0 bridgehead atoms. The second-order valence-electron chi connectivity index (χ2n) is 7.14. The first-order valence-electron chi connectivity index (χ1n) is 9.25. The van der Waals surface area contributed by atoms with Crippen LogP contribution in [0.4, 0.5) is 5.69 Å². The molecule has 3 N–H and O–H groups in total. The minimum absolute atomic E-state index is 0.00885. The highest BCUT2D eigenvalue weighted by molar-refractivity contribution is 6.35. The van der Waals surface area contributed by atoms with Crippen molar-refractivity contribution in [1.82, 2.24) is 4.90 Å². The third-order valence-electron chi connectivity index (χ3n) is 4.89. The van der Waals surface area contributed by atoms with Gasteiger partial charge in [0.05, 0.1) is 12.3 Å². The molecule has 1 saturated heterocycles. The molecule has 28 heavy (non-hydrogen) atoms. The second kappa shape index (κ2) is 9.41. The second-order valence-corrected chi connectivity index (χ2v) is 7.98. The van der Waals surface area contributed by atoms with Gasteiger partial charge in [-0.25, -0.2) is 0 Å². The lowest BCUT2D eigenvalue weighted by Gasteiger charge is -2.32. The fourth-order valence-electron chi connectivity index (χ4n) is 3.46. The lowest BCUT2D eigenvalue weighted by atomic mass is 9.96. The van der Waals surface area contributed by atoms with Crippen molar-refractivity contribution in [3.8, 4) is 0 Å². The van der Waals surface area contributed by atoms with Gasteiger partial charge in [0.25, 0.3) is 0 Å². The number of hydrogen-bond donors (Lipinski definition) is 2. The van der Waals surface area contributed by atoms with E-state index in [1.165, 1.54) is 0 Å². The Morgan fingerprint density at radius 1 is 1.14 bits per heavy atom. The maximum absolute atomic E-state index is 12.7. The van der Waals surface area contributed by atoms with Crippen LogP contribution in [-0.2, 0) is 22.6 Å². The first-order chi connectivity index (χ1) is 13.4. The van der Waals surface area contributed by atoms with E-state index in [0.717, 1.165) is 36.2 Å². The number of nitrogens with one attached hydrogen (secondary N) is 1. The number of nitrogens with two attached hydrogens (primary N) is 1. The molecule has 2 aromatic carbocycles. The molecule has 2 amide bonds. The van der Waals surface area contributed by atoms with Crippen LogP contribution in [0.15, 0.2) is 42.5 Å². The lowest BCUT2D eigenvalue weighted by molar-refractivity contribution is -0.121. The fraction of sp³-hybridized carbons (Fsp3) is 0.333. The van der Waals surface area contributed by atoms with Crippen LogP contribution in [0.3, 0.4) is 0 Å². The van der Waals surface area contributed by atoms with Gasteiger partial charge < -0.3 is 11.1 Å². The largest absolute Gasteiger partial charge is 0.369 e. The smallest absolute Gasteiger partial charge is 0.228 e. The molecule has 1 aliphatic heterocycles. The van der Waals surface area contributed by atoms with Gasteiger partial charge in [0, 0.05) is 28.8 Å². The van der Waals surface area contributed by atoms with E-state index in [4.69, 9.17) is 28.9 Å². The third-order valence-corrected chi connectivity index (χ3v) is 5.47.